The van der Waals surface area contributed by atoms with Crippen molar-refractivity contribution in [1.82, 2.24) is 9.80 Å². The van der Waals surface area contributed by atoms with E-state index in [1.807, 2.05) is 31.2 Å². The van der Waals surface area contributed by atoms with Crippen molar-refractivity contribution in [3.63, 3.8) is 0 Å². The van der Waals surface area contributed by atoms with Crippen molar-refractivity contribution in [2.75, 3.05) is 32.8 Å². The molecule has 4 nitrogen and oxygen atoms in total. The predicted octanol–water partition coefficient (Wildman–Crippen LogP) is 3.32. The van der Waals surface area contributed by atoms with Crippen LogP contribution in [0.25, 0.3) is 0 Å². The lowest BCUT2D eigenvalue weighted by atomic mass is 10.1. The third kappa shape index (κ3) is 4.19. The fraction of sp³-hybridized carbons (Fsp3) is 0.350. The predicted molar refractivity (Wildman–Crippen MR) is 95.1 cm³/mol. The molecule has 0 aromatic heterocycles. The molecule has 0 saturated carbocycles. The van der Waals surface area contributed by atoms with Crippen LogP contribution in [0.2, 0.25) is 0 Å². The summed E-state index contributed by atoms with van der Waals surface area (Å²) in [5.74, 6) is -1.36. The second kappa shape index (κ2) is 8.27. The van der Waals surface area contributed by atoms with Crippen molar-refractivity contribution in [2.24, 2.45) is 0 Å². The summed E-state index contributed by atoms with van der Waals surface area (Å²) in [7, 11) is 0. The number of hydrogen-bond donors (Lipinski definition) is 0. The topological polar surface area (TPSA) is 32.8 Å². The Morgan fingerprint density at radius 3 is 2.19 bits per heavy atom. The molecule has 1 amide bonds. The quantitative estimate of drug-likeness (QED) is 0.820. The molecule has 2 aromatic carbocycles. The Kier molecular flexibility index (Phi) is 5.83. The van der Waals surface area contributed by atoms with Gasteiger partial charge in [-0.25, -0.2) is 8.78 Å². The van der Waals surface area contributed by atoms with E-state index in [0.717, 1.165) is 30.0 Å². The third-order valence-electron chi connectivity index (χ3n) is 4.48. The Morgan fingerprint density at radius 1 is 1.00 bits per heavy atom. The highest BCUT2D eigenvalue weighted by Gasteiger charge is 2.26. The van der Waals surface area contributed by atoms with Crippen LogP contribution < -0.4 is 4.74 Å². The van der Waals surface area contributed by atoms with Gasteiger partial charge in [0.1, 0.15) is 22.9 Å². The second-order valence-corrected chi connectivity index (χ2v) is 6.24. The van der Waals surface area contributed by atoms with Gasteiger partial charge in [-0.3, -0.25) is 9.69 Å². The summed E-state index contributed by atoms with van der Waals surface area (Å²) in [6, 6.07) is 11.4. The summed E-state index contributed by atoms with van der Waals surface area (Å²) in [5.41, 5.74) is 0.695. The van der Waals surface area contributed by atoms with Gasteiger partial charge >= 0.3 is 0 Å². The van der Waals surface area contributed by atoms with Crippen LogP contribution >= 0.6 is 0 Å². The maximum atomic E-state index is 13.8. The number of rotatable bonds is 5. The number of ether oxygens (including phenoxy) is 1. The minimum absolute atomic E-state index is 0.448. The van der Waals surface area contributed by atoms with Gasteiger partial charge in [0.05, 0.1) is 6.61 Å². The first-order chi connectivity index (χ1) is 12.6. The molecule has 1 aliphatic rings. The zero-order chi connectivity index (χ0) is 18.5. The minimum atomic E-state index is -0.813. The fourth-order valence-electron chi connectivity index (χ4n) is 3.09. The van der Waals surface area contributed by atoms with Gasteiger partial charge < -0.3 is 9.64 Å². The number of benzene rings is 2. The second-order valence-electron chi connectivity index (χ2n) is 6.24. The normalized spacial score (nSPS) is 15.1. The number of nitrogens with zero attached hydrogens (tertiary/aromatic N) is 2. The van der Waals surface area contributed by atoms with Gasteiger partial charge in [-0.2, -0.15) is 0 Å². The van der Waals surface area contributed by atoms with E-state index in [9.17, 15) is 13.6 Å². The smallest absolute Gasteiger partial charge is 0.259 e. The van der Waals surface area contributed by atoms with Gasteiger partial charge in [0.25, 0.3) is 5.91 Å². The molecule has 0 N–H and O–H groups in total. The molecule has 3 rings (SSSR count). The molecule has 0 spiro atoms. The van der Waals surface area contributed by atoms with Crippen LogP contribution in [0.3, 0.4) is 0 Å². The highest BCUT2D eigenvalue weighted by atomic mass is 19.1. The SMILES string of the molecule is CCOc1ccc(CN2CCN(C(=O)c3c(F)cccc3F)CC2)cc1. The number of halogens is 2. The van der Waals surface area contributed by atoms with Crippen molar-refractivity contribution in [3.8, 4) is 5.75 Å². The molecule has 1 fully saturated rings. The minimum Gasteiger partial charge on any atom is -0.494 e. The summed E-state index contributed by atoms with van der Waals surface area (Å²) in [5, 5.41) is 0. The van der Waals surface area contributed by atoms with Crippen LogP contribution in [0.5, 0.6) is 5.75 Å². The van der Waals surface area contributed by atoms with E-state index in [4.69, 9.17) is 4.74 Å². The van der Waals surface area contributed by atoms with Crippen LogP contribution in [0, 0.1) is 11.6 Å². The molecule has 6 heteroatoms. The van der Waals surface area contributed by atoms with Crippen LogP contribution in [0.1, 0.15) is 22.8 Å². The van der Waals surface area contributed by atoms with Gasteiger partial charge in [0.2, 0.25) is 0 Å². The summed E-state index contributed by atoms with van der Waals surface area (Å²) in [6.07, 6.45) is 0. The lowest BCUT2D eigenvalue weighted by Gasteiger charge is -2.34. The van der Waals surface area contributed by atoms with Crippen molar-refractivity contribution in [1.29, 1.82) is 0 Å². The van der Waals surface area contributed by atoms with E-state index in [-0.39, 0.29) is 0 Å². The number of carbonyl (C=O) groups is 1. The average molecular weight is 360 g/mol. The van der Waals surface area contributed by atoms with Crippen molar-refractivity contribution in [3.05, 3.63) is 65.2 Å². The fourth-order valence-corrected chi connectivity index (χ4v) is 3.09. The number of amides is 1. The largest absolute Gasteiger partial charge is 0.494 e. The molecule has 0 aliphatic carbocycles. The van der Waals surface area contributed by atoms with Crippen molar-refractivity contribution < 1.29 is 18.3 Å². The zero-order valence-corrected chi connectivity index (χ0v) is 14.8. The molecule has 1 aliphatic heterocycles. The lowest BCUT2D eigenvalue weighted by molar-refractivity contribution is 0.0619. The Hall–Kier alpha value is -2.47. The first kappa shape index (κ1) is 18.3. The van der Waals surface area contributed by atoms with Crippen LogP contribution in [0.4, 0.5) is 8.78 Å². The molecule has 1 saturated heterocycles. The Labute approximate surface area is 152 Å². The number of carbonyl (C=O) groups excluding carboxylic acids is 1. The Balaban J connectivity index is 1.56. The molecule has 0 bridgehead atoms. The molecule has 0 atom stereocenters. The molecular formula is C20H22F2N2O2. The highest BCUT2D eigenvalue weighted by Crippen LogP contribution is 2.18. The van der Waals surface area contributed by atoms with Gasteiger partial charge in [-0.05, 0) is 36.8 Å². The highest BCUT2D eigenvalue weighted by molar-refractivity contribution is 5.94. The summed E-state index contributed by atoms with van der Waals surface area (Å²) in [6.45, 7) is 5.57. The van der Waals surface area contributed by atoms with Crippen molar-refractivity contribution >= 4 is 5.91 Å². The molecule has 0 unspecified atom stereocenters. The van der Waals surface area contributed by atoms with Crippen molar-refractivity contribution in [2.45, 2.75) is 13.5 Å². The van der Waals surface area contributed by atoms with E-state index in [1.54, 1.807) is 0 Å². The monoisotopic (exact) mass is 360 g/mol. The van der Waals surface area contributed by atoms with Crippen LogP contribution in [-0.4, -0.2) is 48.5 Å². The van der Waals surface area contributed by atoms with E-state index in [2.05, 4.69) is 4.90 Å². The molecule has 26 heavy (non-hydrogen) atoms. The summed E-state index contributed by atoms with van der Waals surface area (Å²) < 4.78 is 33.0. The van der Waals surface area contributed by atoms with E-state index in [1.165, 1.54) is 11.0 Å². The molecule has 138 valence electrons. The zero-order valence-electron chi connectivity index (χ0n) is 14.8. The first-order valence-corrected chi connectivity index (χ1v) is 8.76. The number of hydrogen-bond acceptors (Lipinski definition) is 3. The average Bonchev–Trinajstić information content (AvgIpc) is 2.64. The molecular weight excluding hydrogens is 338 g/mol. The first-order valence-electron chi connectivity index (χ1n) is 8.76. The number of piperazine rings is 1. The molecule has 0 radical (unpaired) electrons. The maximum Gasteiger partial charge on any atom is 0.259 e. The summed E-state index contributed by atoms with van der Waals surface area (Å²) >= 11 is 0. The molecule has 1 heterocycles. The van der Waals surface area contributed by atoms with E-state index >= 15 is 0 Å². The standard InChI is InChI=1S/C20H22F2N2O2/c1-2-26-16-8-6-15(7-9-16)14-23-10-12-24(13-11-23)20(25)19-17(21)4-3-5-18(19)22/h3-9H,2,10-14H2,1H3. The Bertz CT molecular complexity index is 737. The van der Waals surface area contributed by atoms with Crippen LogP contribution in [-0.2, 0) is 6.54 Å². The maximum absolute atomic E-state index is 13.8. The Morgan fingerprint density at radius 2 is 1.62 bits per heavy atom. The summed E-state index contributed by atoms with van der Waals surface area (Å²) in [4.78, 5) is 16.1. The van der Waals surface area contributed by atoms with Gasteiger partial charge in [0.15, 0.2) is 0 Å². The van der Waals surface area contributed by atoms with E-state index < -0.39 is 23.1 Å². The van der Waals surface area contributed by atoms with Gasteiger partial charge in [-0.15, -0.1) is 0 Å². The van der Waals surface area contributed by atoms with Gasteiger partial charge in [-0.1, -0.05) is 18.2 Å². The molecule has 2 aromatic rings. The van der Waals surface area contributed by atoms with Crippen LogP contribution in [0.15, 0.2) is 42.5 Å². The van der Waals surface area contributed by atoms with E-state index in [0.29, 0.717) is 32.8 Å². The third-order valence-corrected chi connectivity index (χ3v) is 4.48. The van der Waals surface area contributed by atoms with Gasteiger partial charge in [0, 0.05) is 32.7 Å². The lowest BCUT2D eigenvalue weighted by Crippen LogP contribution is -2.48.